The van der Waals surface area contributed by atoms with Gasteiger partial charge in [-0.15, -0.1) is 5.10 Å². The lowest BCUT2D eigenvalue weighted by atomic mass is 10.2. The number of aliphatic hydroxyl groups is 1. The van der Waals surface area contributed by atoms with Crippen LogP contribution in [-0.2, 0) is 17.7 Å². The molecule has 0 saturated carbocycles. The van der Waals surface area contributed by atoms with E-state index in [0.29, 0.717) is 6.10 Å². The molecule has 1 fully saturated rings. The number of aromatic nitrogens is 3. The molecule has 0 bridgehead atoms. The van der Waals surface area contributed by atoms with Crippen molar-refractivity contribution in [3.8, 4) is 0 Å². The van der Waals surface area contributed by atoms with Crippen molar-refractivity contribution >= 4 is 0 Å². The van der Waals surface area contributed by atoms with Crippen LogP contribution in [0, 0.1) is 0 Å². The molecule has 1 saturated heterocycles. The SMILES string of the molecule is OCCCc1cn(CCC2CCCO2)nn1. The number of nitrogens with zero attached hydrogens (tertiary/aromatic N) is 3. The summed E-state index contributed by atoms with van der Waals surface area (Å²) in [5.74, 6) is 0. The van der Waals surface area contributed by atoms with Crippen molar-refractivity contribution in [1.29, 1.82) is 0 Å². The summed E-state index contributed by atoms with van der Waals surface area (Å²) in [6.07, 6.45) is 7.30. The minimum atomic E-state index is 0.211. The summed E-state index contributed by atoms with van der Waals surface area (Å²) < 4.78 is 7.42. The predicted octanol–water partition coefficient (Wildman–Crippen LogP) is 0.772. The fraction of sp³-hybridized carbons (Fsp3) is 0.818. The maximum Gasteiger partial charge on any atom is 0.0828 e. The normalized spacial score (nSPS) is 20.4. The van der Waals surface area contributed by atoms with Crippen LogP contribution in [0.1, 0.15) is 31.4 Å². The summed E-state index contributed by atoms with van der Waals surface area (Å²) in [7, 11) is 0. The molecule has 5 heteroatoms. The van der Waals surface area contributed by atoms with Crippen LogP contribution in [0.25, 0.3) is 0 Å². The van der Waals surface area contributed by atoms with Gasteiger partial charge in [0.2, 0.25) is 0 Å². The lowest BCUT2D eigenvalue weighted by molar-refractivity contribution is 0.0993. The molecule has 16 heavy (non-hydrogen) atoms. The molecule has 1 aromatic heterocycles. The molecule has 2 heterocycles. The Labute approximate surface area is 95.4 Å². The monoisotopic (exact) mass is 225 g/mol. The van der Waals surface area contributed by atoms with E-state index in [2.05, 4.69) is 10.3 Å². The highest BCUT2D eigenvalue weighted by Crippen LogP contribution is 2.15. The molecule has 5 nitrogen and oxygen atoms in total. The first-order valence-corrected chi connectivity index (χ1v) is 6.00. The summed E-state index contributed by atoms with van der Waals surface area (Å²) in [4.78, 5) is 0. The number of hydrogen-bond acceptors (Lipinski definition) is 4. The van der Waals surface area contributed by atoms with Gasteiger partial charge in [-0.05, 0) is 32.1 Å². The van der Waals surface area contributed by atoms with Gasteiger partial charge in [0.15, 0.2) is 0 Å². The molecule has 1 N–H and O–H groups in total. The molecule has 1 atom stereocenters. The Bertz CT molecular complexity index is 308. The second-order valence-corrected chi connectivity index (χ2v) is 4.22. The molecule has 1 unspecified atom stereocenters. The Morgan fingerprint density at radius 2 is 2.50 bits per heavy atom. The van der Waals surface area contributed by atoms with Crippen molar-refractivity contribution in [2.75, 3.05) is 13.2 Å². The molecule has 1 aliphatic heterocycles. The van der Waals surface area contributed by atoms with Crippen LogP contribution in [0.5, 0.6) is 0 Å². The maximum atomic E-state index is 8.71. The smallest absolute Gasteiger partial charge is 0.0828 e. The minimum Gasteiger partial charge on any atom is -0.396 e. The van der Waals surface area contributed by atoms with Gasteiger partial charge in [-0.3, -0.25) is 4.68 Å². The average Bonchev–Trinajstić information content (AvgIpc) is 2.95. The summed E-state index contributed by atoms with van der Waals surface area (Å²) >= 11 is 0. The first kappa shape index (κ1) is 11.5. The number of rotatable bonds is 6. The van der Waals surface area contributed by atoms with Gasteiger partial charge in [0, 0.05) is 26.0 Å². The summed E-state index contributed by atoms with van der Waals surface area (Å²) in [5, 5.41) is 16.8. The Balaban J connectivity index is 1.73. The number of aryl methyl sites for hydroxylation is 2. The van der Waals surface area contributed by atoms with Gasteiger partial charge in [0.1, 0.15) is 0 Å². The van der Waals surface area contributed by atoms with Gasteiger partial charge in [-0.2, -0.15) is 0 Å². The van der Waals surface area contributed by atoms with Crippen molar-refractivity contribution in [2.45, 2.75) is 44.8 Å². The summed E-state index contributed by atoms with van der Waals surface area (Å²) in [6, 6.07) is 0. The van der Waals surface area contributed by atoms with Gasteiger partial charge in [0.25, 0.3) is 0 Å². The second kappa shape index (κ2) is 5.96. The van der Waals surface area contributed by atoms with E-state index in [9.17, 15) is 0 Å². The topological polar surface area (TPSA) is 60.2 Å². The Morgan fingerprint density at radius 3 is 3.25 bits per heavy atom. The third-order valence-corrected chi connectivity index (χ3v) is 2.88. The fourth-order valence-corrected chi connectivity index (χ4v) is 1.97. The minimum absolute atomic E-state index is 0.211. The van der Waals surface area contributed by atoms with Gasteiger partial charge in [-0.1, -0.05) is 5.21 Å². The highest BCUT2D eigenvalue weighted by molar-refractivity contribution is 4.92. The van der Waals surface area contributed by atoms with Crippen LogP contribution in [0.4, 0.5) is 0 Å². The molecule has 1 aliphatic rings. The van der Waals surface area contributed by atoms with Gasteiger partial charge >= 0.3 is 0 Å². The third-order valence-electron chi connectivity index (χ3n) is 2.88. The number of aliphatic hydroxyl groups excluding tert-OH is 1. The zero-order chi connectivity index (χ0) is 11.2. The molecule has 90 valence electrons. The van der Waals surface area contributed by atoms with E-state index in [1.165, 1.54) is 12.8 Å². The Kier molecular flexibility index (Phi) is 4.30. The molecule has 0 spiro atoms. The van der Waals surface area contributed by atoms with E-state index < -0.39 is 0 Å². The van der Waals surface area contributed by atoms with E-state index in [0.717, 1.165) is 38.1 Å². The molecular weight excluding hydrogens is 206 g/mol. The van der Waals surface area contributed by atoms with Crippen LogP contribution in [-0.4, -0.2) is 39.4 Å². The zero-order valence-corrected chi connectivity index (χ0v) is 9.51. The van der Waals surface area contributed by atoms with Crippen molar-refractivity contribution in [2.24, 2.45) is 0 Å². The van der Waals surface area contributed by atoms with E-state index in [-0.39, 0.29) is 6.61 Å². The van der Waals surface area contributed by atoms with E-state index in [4.69, 9.17) is 9.84 Å². The second-order valence-electron chi connectivity index (χ2n) is 4.22. The number of hydrogen-bond donors (Lipinski definition) is 1. The lowest BCUT2D eigenvalue weighted by Crippen LogP contribution is -2.10. The maximum absolute atomic E-state index is 8.71. The quantitative estimate of drug-likeness (QED) is 0.777. The summed E-state index contributed by atoms with van der Waals surface area (Å²) in [6.45, 7) is 1.99. The molecule has 0 aliphatic carbocycles. The van der Waals surface area contributed by atoms with E-state index in [1.807, 2.05) is 10.9 Å². The highest BCUT2D eigenvalue weighted by atomic mass is 16.5. The zero-order valence-electron chi connectivity index (χ0n) is 9.51. The predicted molar refractivity (Wildman–Crippen MR) is 59.0 cm³/mol. The van der Waals surface area contributed by atoms with Crippen LogP contribution in [0.15, 0.2) is 6.20 Å². The van der Waals surface area contributed by atoms with Crippen LogP contribution in [0.3, 0.4) is 0 Å². The van der Waals surface area contributed by atoms with Crippen LogP contribution in [0.2, 0.25) is 0 Å². The van der Waals surface area contributed by atoms with E-state index in [1.54, 1.807) is 0 Å². The van der Waals surface area contributed by atoms with Gasteiger partial charge in [0.05, 0.1) is 11.8 Å². The summed E-state index contributed by atoms with van der Waals surface area (Å²) in [5.41, 5.74) is 0.960. The van der Waals surface area contributed by atoms with Crippen molar-refractivity contribution in [3.63, 3.8) is 0 Å². The van der Waals surface area contributed by atoms with Crippen LogP contribution < -0.4 is 0 Å². The Hall–Kier alpha value is -0.940. The third kappa shape index (κ3) is 3.28. The molecule has 1 aromatic rings. The van der Waals surface area contributed by atoms with Gasteiger partial charge in [-0.25, -0.2) is 0 Å². The molecular formula is C11H19N3O2. The van der Waals surface area contributed by atoms with Gasteiger partial charge < -0.3 is 9.84 Å². The largest absolute Gasteiger partial charge is 0.396 e. The van der Waals surface area contributed by atoms with Crippen molar-refractivity contribution < 1.29 is 9.84 Å². The first-order valence-electron chi connectivity index (χ1n) is 6.00. The van der Waals surface area contributed by atoms with E-state index >= 15 is 0 Å². The fourth-order valence-electron chi connectivity index (χ4n) is 1.97. The Morgan fingerprint density at radius 1 is 1.56 bits per heavy atom. The molecule has 0 radical (unpaired) electrons. The highest BCUT2D eigenvalue weighted by Gasteiger charge is 2.15. The molecule has 2 rings (SSSR count). The molecule has 0 amide bonds. The average molecular weight is 225 g/mol. The van der Waals surface area contributed by atoms with Crippen molar-refractivity contribution in [1.82, 2.24) is 15.0 Å². The standard InChI is InChI=1S/C11H19N3O2/c15-7-1-3-10-9-14(13-12-10)6-5-11-4-2-8-16-11/h9,11,15H,1-8H2. The lowest BCUT2D eigenvalue weighted by Gasteiger charge is -2.07. The van der Waals surface area contributed by atoms with Crippen molar-refractivity contribution in [3.05, 3.63) is 11.9 Å². The number of ether oxygens (including phenoxy) is 1. The molecule has 0 aromatic carbocycles. The van der Waals surface area contributed by atoms with Crippen LogP contribution >= 0.6 is 0 Å². The first-order chi connectivity index (χ1) is 7.88.